The molecule has 6 heteroatoms. The Hall–Kier alpha value is -2.63. The van der Waals surface area contributed by atoms with Gasteiger partial charge in [0.05, 0.1) is 18.2 Å². The molecule has 1 aliphatic carbocycles. The summed E-state index contributed by atoms with van der Waals surface area (Å²) in [6.45, 7) is 5.33. The molecule has 1 atom stereocenters. The highest BCUT2D eigenvalue weighted by molar-refractivity contribution is 5.94. The SMILES string of the molecule is CCOC(=O)C1CCCN(C(=O)c2nn(-c3ccc(C)cc3)c3c2CCC3)C1. The normalized spacial score (nSPS) is 18.8. The molecule has 1 amide bonds. The number of benzene rings is 1. The summed E-state index contributed by atoms with van der Waals surface area (Å²) < 4.78 is 7.10. The number of piperidine rings is 1. The number of carbonyl (C=O) groups excluding carboxylic acids is 2. The molecule has 1 unspecified atom stereocenters. The zero-order valence-electron chi connectivity index (χ0n) is 16.6. The maximum Gasteiger partial charge on any atom is 0.310 e. The first-order valence-corrected chi connectivity index (χ1v) is 10.2. The number of esters is 1. The highest BCUT2D eigenvalue weighted by Crippen LogP contribution is 2.30. The van der Waals surface area contributed by atoms with Crippen LogP contribution < -0.4 is 0 Å². The zero-order chi connectivity index (χ0) is 19.7. The van der Waals surface area contributed by atoms with Gasteiger partial charge in [-0.15, -0.1) is 0 Å². The van der Waals surface area contributed by atoms with Gasteiger partial charge in [0.15, 0.2) is 5.69 Å². The Labute approximate surface area is 165 Å². The number of nitrogens with zero attached hydrogens (tertiary/aromatic N) is 3. The number of rotatable bonds is 4. The van der Waals surface area contributed by atoms with Gasteiger partial charge < -0.3 is 9.64 Å². The van der Waals surface area contributed by atoms with E-state index in [2.05, 4.69) is 19.1 Å². The number of likely N-dealkylation sites (tertiary alicyclic amines) is 1. The molecule has 2 aromatic rings. The van der Waals surface area contributed by atoms with Crippen LogP contribution >= 0.6 is 0 Å². The van der Waals surface area contributed by atoms with Crippen LogP contribution in [0.2, 0.25) is 0 Å². The lowest BCUT2D eigenvalue weighted by molar-refractivity contribution is -0.149. The van der Waals surface area contributed by atoms with Crippen molar-refractivity contribution in [3.8, 4) is 5.69 Å². The lowest BCUT2D eigenvalue weighted by atomic mass is 9.97. The predicted octanol–water partition coefficient (Wildman–Crippen LogP) is 3.08. The maximum atomic E-state index is 13.3. The highest BCUT2D eigenvalue weighted by atomic mass is 16.5. The fourth-order valence-electron chi connectivity index (χ4n) is 4.27. The van der Waals surface area contributed by atoms with Crippen molar-refractivity contribution in [2.45, 2.75) is 46.0 Å². The molecule has 1 saturated heterocycles. The van der Waals surface area contributed by atoms with Crippen molar-refractivity contribution in [3.63, 3.8) is 0 Å². The summed E-state index contributed by atoms with van der Waals surface area (Å²) in [4.78, 5) is 27.2. The molecule has 148 valence electrons. The highest BCUT2D eigenvalue weighted by Gasteiger charge is 2.34. The van der Waals surface area contributed by atoms with Crippen molar-refractivity contribution in [3.05, 3.63) is 46.8 Å². The predicted molar refractivity (Wildman–Crippen MR) is 106 cm³/mol. The van der Waals surface area contributed by atoms with Gasteiger partial charge in [-0.1, -0.05) is 17.7 Å². The van der Waals surface area contributed by atoms with Crippen molar-refractivity contribution in [1.82, 2.24) is 14.7 Å². The van der Waals surface area contributed by atoms with Crippen LogP contribution in [0.1, 0.15) is 53.5 Å². The molecule has 1 fully saturated rings. The van der Waals surface area contributed by atoms with E-state index < -0.39 is 0 Å². The molecule has 1 aliphatic heterocycles. The lowest BCUT2D eigenvalue weighted by Gasteiger charge is -2.31. The lowest BCUT2D eigenvalue weighted by Crippen LogP contribution is -2.43. The third-order valence-corrected chi connectivity index (χ3v) is 5.74. The van der Waals surface area contributed by atoms with Crippen molar-refractivity contribution < 1.29 is 14.3 Å². The van der Waals surface area contributed by atoms with E-state index in [0.717, 1.165) is 49.0 Å². The smallest absolute Gasteiger partial charge is 0.310 e. The van der Waals surface area contributed by atoms with Crippen molar-refractivity contribution in [1.29, 1.82) is 0 Å². The van der Waals surface area contributed by atoms with Gasteiger partial charge in [-0.3, -0.25) is 9.59 Å². The topological polar surface area (TPSA) is 64.4 Å². The molecule has 1 aromatic carbocycles. The molecule has 0 spiro atoms. The third-order valence-electron chi connectivity index (χ3n) is 5.74. The largest absolute Gasteiger partial charge is 0.466 e. The molecular weight excluding hydrogens is 354 g/mol. The van der Waals surface area contributed by atoms with Gasteiger partial charge in [0.1, 0.15) is 0 Å². The molecule has 0 N–H and O–H groups in total. The Morgan fingerprint density at radius 1 is 1.18 bits per heavy atom. The number of amides is 1. The van der Waals surface area contributed by atoms with E-state index in [0.29, 0.717) is 25.4 Å². The Balaban J connectivity index is 1.60. The molecule has 28 heavy (non-hydrogen) atoms. The van der Waals surface area contributed by atoms with Gasteiger partial charge in [0, 0.05) is 24.3 Å². The fourth-order valence-corrected chi connectivity index (χ4v) is 4.27. The minimum absolute atomic E-state index is 0.0574. The number of aromatic nitrogens is 2. The van der Waals surface area contributed by atoms with Crippen LogP contribution in [-0.4, -0.2) is 46.3 Å². The first kappa shape index (κ1) is 18.7. The number of carbonyl (C=O) groups is 2. The van der Waals surface area contributed by atoms with Gasteiger partial charge in [0.25, 0.3) is 5.91 Å². The van der Waals surface area contributed by atoms with E-state index in [1.54, 1.807) is 4.90 Å². The second kappa shape index (κ2) is 7.78. The summed E-state index contributed by atoms with van der Waals surface area (Å²) in [6.07, 6.45) is 4.46. The van der Waals surface area contributed by atoms with E-state index in [-0.39, 0.29) is 17.8 Å². The summed E-state index contributed by atoms with van der Waals surface area (Å²) >= 11 is 0. The van der Waals surface area contributed by atoms with Crippen molar-refractivity contribution in [2.75, 3.05) is 19.7 Å². The minimum Gasteiger partial charge on any atom is -0.466 e. The van der Waals surface area contributed by atoms with Gasteiger partial charge in [-0.05, 0) is 58.1 Å². The van der Waals surface area contributed by atoms with Gasteiger partial charge >= 0.3 is 5.97 Å². The molecular formula is C22H27N3O3. The standard InChI is InChI=1S/C22H27N3O3/c1-3-28-22(27)16-6-5-13-24(14-16)21(26)20-18-7-4-8-19(18)25(23-20)17-11-9-15(2)10-12-17/h9-12,16H,3-8,13-14H2,1-2H3. The molecule has 2 aliphatic rings. The quantitative estimate of drug-likeness (QED) is 0.764. The monoisotopic (exact) mass is 381 g/mol. The van der Waals surface area contributed by atoms with Crippen LogP contribution in [0.3, 0.4) is 0 Å². The summed E-state index contributed by atoms with van der Waals surface area (Å²) in [5.74, 6) is -0.488. The number of fused-ring (bicyclic) bond motifs is 1. The zero-order valence-corrected chi connectivity index (χ0v) is 16.6. The molecule has 6 nitrogen and oxygen atoms in total. The number of hydrogen-bond acceptors (Lipinski definition) is 4. The van der Waals surface area contributed by atoms with E-state index >= 15 is 0 Å². The van der Waals surface area contributed by atoms with Crippen molar-refractivity contribution in [2.24, 2.45) is 5.92 Å². The fraction of sp³-hybridized carbons (Fsp3) is 0.500. The van der Waals surface area contributed by atoms with Crippen LogP contribution in [0.4, 0.5) is 0 Å². The number of aryl methyl sites for hydroxylation is 1. The van der Waals surface area contributed by atoms with E-state index in [4.69, 9.17) is 9.84 Å². The minimum atomic E-state index is -0.232. The van der Waals surface area contributed by atoms with Crippen LogP contribution in [0.25, 0.3) is 5.69 Å². The van der Waals surface area contributed by atoms with Crippen LogP contribution in [0.5, 0.6) is 0 Å². The Bertz CT molecular complexity index is 885. The van der Waals surface area contributed by atoms with Gasteiger partial charge in [-0.25, -0.2) is 4.68 Å². The summed E-state index contributed by atoms with van der Waals surface area (Å²) in [5.41, 5.74) is 4.96. The van der Waals surface area contributed by atoms with Crippen LogP contribution in [0, 0.1) is 12.8 Å². The number of hydrogen-bond donors (Lipinski definition) is 0. The summed E-state index contributed by atoms with van der Waals surface area (Å²) in [7, 11) is 0. The molecule has 0 bridgehead atoms. The Kier molecular flexibility index (Phi) is 5.20. The van der Waals surface area contributed by atoms with E-state index in [1.807, 2.05) is 23.7 Å². The summed E-state index contributed by atoms with van der Waals surface area (Å²) in [6, 6.07) is 8.22. The second-order valence-corrected chi connectivity index (χ2v) is 7.72. The molecule has 0 saturated carbocycles. The average molecular weight is 381 g/mol. The number of ether oxygens (including phenoxy) is 1. The second-order valence-electron chi connectivity index (χ2n) is 7.72. The molecule has 4 rings (SSSR count). The summed E-state index contributed by atoms with van der Waals surface area (Å²) in [5, 5.41) is 4.72. The van der Waals surface area contributed by atoms with Crippen LogP contribution in [-0.2, 0) is 22.4 Å². The molecule has 1 aromatic heterocycles. The van der Waals surface area contributed by atoms with Gasteiger partial charge in [0.2, 0.25) is 0 Å². The van der Waals surface area contributed by atoms with Gasteiger partial charge in [-0.2, -0.15) is 5.10 Å². The van der Waals surface area contributed by atoms with E-state index in [1.165, 1.54) is 5.56 Å². The Morgan fingerprint density at radius 3 is 2.71 bits per heavy atom. The molecule has 2 heterocycles. The van der Waals surface area contributed by atoms with Crippen LogP contribution in [0.15, 0.2) is 24.3 Å². The maximum absolute atomic E-state index is 13.3. The Morgan fingerprint density at radius 2 is 1.96 bits per heavy atom. The first-order valence-electron chi connectivity index (χ1n) is 10.2. The third kappa shape index (κ3) is 3.43. The van der Waals surface area contributed by atoms with Crippen molar-refractivity contribution >= 4 is 11.9 Å². The average Bonchev–Trinajstić information content (AvgIpc) is 3.31. The first-order chi connectivity index (χ1) is 13.6. The molecule has 0 radical (unpaired) electrons. The van der Waals surface area contributed by atoms with E-state index in [9.17, 15) is 9.59 Å².